The van der Waals surface area contributed by atoms with Crippen LogP contribution in [-0.2, 0) is 10.2 Å². The highest BCUT2D eigenvalue weighted by Crippen LogP contribution is 2.50. The minimum absolute atomic E-state index is 0.361. The van der Waals surface area contributed by atoms with Gasteiger partial charge in [-0.1, -0.05) is 0 Å². The Morgan fingerprint density at radius 1 is 1.77 bits per heavy atom. The molecule has 1 saturated carbocycles. The molecule has 1 fully saturated rings. The fourth-order valence-corrected chi connectivity index (χ4v) is 2.44. The quantitative estimate of drug-likeness (QED) is 0.745. The number of nitrogens with zero attached hydrogens (tertiary/aromatic N) is 1. The van der Waals surface area contributed by atoms with Crippen LogP contribution in [0.4, 0.5) is 0 Å². The molecule has 2 rings (SSSR count). The van der Waals surface area contributed by atoms with Crippen LogP contribution in [0.25, 0.3) is 0 Å². The van der Waals surface area contributed by atoms with E-state index in [-0.39, 0.29) is 5.41 Å². The summed E-state index contributed by atoms with van der Waals surface area (Å²) in [4.78, 5) is 14.9. The zero-order valence-corrected chi connectivity index (χ0v) is 7.75. The first-order valence-corrected chi connectivity index (χ1v) is 4.93. The predicted molar refractivity (Wildman–Crippen MR) is 48.6 cm³/mol. The van der Waals surface area contributed by atoms with E-state index in [9.17, 15) is 4.79 Å². The van der Waals surface area contributed by atoms with Crippen LogP contribution in [0.5, 0.6) is 0 Å². The zero-order valence-electron chi connectivity index (χ0n) is 6.93. The topological polar surface area (TPSA) is 76.2 Å². The Bertz CT molecular complexity index is 319. The molecule has 1 atom stereocenters. The Morgan fingerprint density at radius 3 is 2.85 bits per heavy atom. The van der Waals surface area contributed by atoms with Crippen LogP contribution in [-0.4, -0.2) is 22.1 Å². The predicted octanol–water partition coefficient (Wildman–Crippen LogP) is 0.587. The highest BCUT2D eigenvalue weighted by molar-refractivity contribution is 7.09. The van der Waals surface area contributed by atoms with Gasteiger partial charge in [0.25, 0.3) is 0 Å². The van der Waals surface area contributed by atoms with Gasteiger partial charge in [0, 0.05) is 17.0 Å². The number of hydrogen-bond donors (Lipinski definition) is 2. The van der Waals surface area contributed by atoms with Gasteiger partial charge in [-0.2, -0.15) is 0 Å². The van der Waals surface area contributed by atoms with E-state index < -0.39 is 12.0 Å². The van der Waals surface area contributed by atoms with Crippen molar-refractivity contribution >= 4 is 17.3 Å². The lowest BCUT2D eigenvalue weighted by Crippen LogP contribution is -2.41. The van der Waals surface area contributed by atoms with Gasteiger partial charge in [0.15, 0.2) is 0 Å². The van der Waals surface area contributed by atoms with Crippen LogP contribution in [0.3, 0.4) is 0 Å². The van der Waals surface area contributed by atoms with E-state index in [1.54, 1.807) is 6.20 Å². The maximum Gasteiger partial charge on any atom is 0.321 e. The molecule has 1 unspecified atom stereocenters. The van der Waals surface area contributed by atoms with Gasteiger partial charge in [-0.05, 0) is 12.8 Å². The maximum absolute atomic E-state index is 10.7. The molecule has 70 valence electrons. The molecule has 5 heteroatoms. The fraction of sp³-hybridized carbons (Fsp3) is 0.500. The van der Waals surface area contributed by atoms with Gasteiger partial charge in [0.2, 0.25) is 0 Å². The second-order valence-electron chi connectivity index (χ2n) is 3.31. The van der Waals surface area contributed by atoms with Crippen molar-refractivity contribution in [2.24, 2.45) is 5.73 Å². The number of carboxylic acids is 1. The first-order valence-electron chi connectivity index (χ1n) is 4.05. The van der Waals surface area contributed by atoms with E-state index in [0.29, 0.717) is 0 Å². The van der Waals surface area contributed by atoms with Crippen LogP contribution in [0.1, 0.15) is 17.8 Å². The standard InChI is InChI=1S/C8H10N2O2S/c9-5(6(11)12)8(1-2-8)7-10-3-4-13-7/h3-5H,1-2,9H2,(H,11,12). The van der Waals surface area contributed by atoms with Crippen molar-refractivity contribution in [1.82, 2.24) is 4.98 Å². The van der Waals surface area contributed by atoms with Crippen LogP contribution >= 0.6 is 11.3 Å². The number of aliphatic carboxylic acids is 1. The Kier molecular flexibility index (Phi) is 1.85. The third kappa shape index (κ3) is 1.24. The summed E-state index contributed by atoms with van der Waals surface area (Å²) in [7, 11) is 0. The number of thiazole rings is 1. The van der Waals surface area contributed by atoms with E-state index in [1.165, 1.54) is 11.3 Å². The first-order chi connectivity index (χ1) is 6.17. The van der Waals surface area contributed by atoms with Crippen molar-refractivity contribution in [3.05, 3.63) is 16.6 Å². The molecule has 3 N–H and O–H groups in total. The van der Waals surface area contributed by atoms with E-state index in [2.05, 4.69) is 4.98 Å². The highest BCUT2D eigenvalue weighted by atomic mass is 32.1. The molecule has 1 aliphatic rings. The molecule has 4 nitrogen and oxygen atoms in total. The lowest BCUT2D eigenvalue weighted by molar-refractivity contribution is -0.139. The summed E-state index contributed by atoms with van der Waals surface area (Å²) in [6, 6.07) is -0.807. The molecule has 13 heavy (non-hydrogen) atoms. The Hall–Kier alpha value is -0.940. The monoisotopic (exact) mass is 198 g/mol. The number of nitrogens with two attached hydrogens (primary N) is 1. The molecule has 1 heterocycles. The van der Waals surface area contributed by atoms with E-state index in [1.807, 2.05) is 5.38 Å². The van der Waals surface area contributed by atoms with E-state index >= 15 is 0 Å². The molecule has 0 aromatic carbocycles. The van der Waals surface area contributed by atoms with Gasteiger partial charge in [-0.3, -0.25) is 4.79 Å². The molecule has 1 aromatic rings. The summed E-state index contributed by atoms with van der Waals surface area (Å²) in [5, 5.41) is 11.5. The number of carboxylic acid groups (broad SMARTS) is 1. The van der Waals surface area contributed by atoms with Crippen LogP contribution in [0.15, 0.2) is 11.6 Å². The number of rotatable bonds is 3. The molecule has 0 radical (unpaired) electrons. The molecular formula is C8H10N2O2S. The molecule has 0 saturated heterocycles. The van der Waals surface area contributed by atoms with Crippen molar-refractivity contribution in [3.63, 3.8) is 0 Å². The van der Waals surface area contributed by atoms with Crippen LogP contribution in [0, 0.1) is 0 Å². The van der Waals surface area contributed by atoms with Crippen LogP contribution < -0.4 is 5.73 Å². The van der Waals surface area contributed by atoms with Crippen molar-refractivity contribution in [2.75, 3.05) is 0 Å². The lowest BCUT2D eigenvalue weighted by Gasteiger charge is -2.16. The molecule has 0 aliphatic heterocycles. The summed E-state index contributed by atoms with van der Waals surface area (Å²) in [5.74, 6) is -0.937. The van der Waals surface area contributed by atoms with Gasteiger partial charge in [0.1, 0.15) is 11.0 Å². The maximum atomic E-state index is 10.7. The minimum Gasteiger partial charge on any atom is -0.480 e. The minimum atomic E-state index is -0.937. The number of hydrogen-bond acceptors (Lipinski definition) is 4. The molecule has 0 bridgehead atoms. The third-order valence-corrected chi connectivity index (χ3v) is 3.50. The average molecular weight is 198 g/mol. The largest absolute Gasteiger partial charge is 0.480 e. The summed E-state index contributed by atoms with van der Waals surface area (Å²) >= 11 is 1.48. The third-order valence-electron chi connectivity index (χ3n) is 2.51. The van der Waals surface area contributed by atoms with Gasteiger partial charge in [-0.25, -0.2) is 4.98 Å². The number of aromatic nitrogens is 1. The average Bonchev–Trinajstić information content (AvgIpc) is 2.72. The molecular weight excluding hydrogens is 188 g/mol. The normalized spacial score (nSPS) is 21.0. The Morgan fingerprint density at radius 2 is 2.46 bits per heavy atom. The second-order valence-corrected chi connectivity index (χ2v) is 4.20. The molecule has 1 aromatic heterocycles. The van der Waals surface area contributed by atoms with E-state index in [0.717, 1.165) is 17.8 Å². The summed E-state index contributed by atoms with van der Waals surface area (Å²) in [6.45, 7) is 0. The Balaban J connectivity index is 2.27. The summed E-state index contributed by atoms with van der Waals surface area (Å²) in [6.07, 6.45) is 3.37. The smallest absolute Gasteiger partial charge is 0.321 e. The van der Waals surface area contributed by atoms with Crippen molar-refractivity contribution in [1.29, 1.82) is 0 Å². The van der Waals surface area contributed by atoms with Gasteiger partial charge in [0.05, 0.1) is 0 Å². The highest BCUT2D eigenvalue weighted by Gasteiger charge is 2.54. The summed E-state index contributed by atoms with van der Waals surface area (Å²) in [5.41, 5.74) is 5.25. The van der Waals surface area contributed by atoms with E-state index in [4.69, 9.17) is 10.8 Å². The zero-order chi connectivity index (χ0) is 9.47. The number of carbonyl (C=O) groups is 1. The fourth-order valence-electron chi connectivity index (χ4n) is 1.50. The van der Waals surface area contributed by atoms with Crippen LogP contribution in [0.2, 0.25) is 0 Å². The first kappa shape index (κ1) is 8.65. The molecule has 0 amide bonds. The molecule has 0 spiro atoms. The lowest BCUT2D eigenvalue weighted by atomic mass is 9.98. The summed E-state index contributed by atoms with van der Waals surface area (Å²) < 4.78 is 0. The SMILES string of the molecule is NC(C(=O)O)C1(c2nccs2)CC1. The van der Waals surface area contributed by atoms with Gasteiger partial charge >= 0.3 is 5.97 Å². The van der Waals surface area contributed by atoms with Gasteiger partial charge in [-0.15, -0.1) is 11.3 Å². The second kappa shape index (κ2) is 2.78. The van der Waals surface area contributed by atoms with Crippen molar-refractivity contribution < 1.29 is 9.90 Å². The Labute approximate surface area is 79.4 Å². The van der Waals surface area contributed by atoms with Crippen molar-refractivity contribution in [2.45, 2.75) is 24.3 Å². The van der Waals surface area contributed by atoms with Gasteiger partial charge < -0.3 is 10.8 Å². The molecule has 1 aliphatic carbocycles. The van der Waals surface area contributed by atoms with Crippen molar-refractivity contribution in [3.8, 4) is 0 Å².